The van der Waals surface area contributed by atoms with Crippen LogP contribution in [0.15, 0.2) is 6.33 Å². The number of aromatic nitrogens is 3. The molecule has 0 bridgehead atoms. The molecule has 1 aromatic heterocycles. The van der Waals surface area contributed by atoms with E-state index < -0.39 is 0 Å². The summed E-state index contributed by atoms with van der Waals surface area (Å²) in [6, 6.07) is 0.343. The van der Waals surface area contributed by atoms with E-state index in [1.54, 1.807) is 4.90 Å². The lowest BCUT2D eigenvalue weighted by atomic mass is 10.2. The van der Waals surface area contributed by atoms with Crippen LogP contribution in [-0.2, 0) is 0 Å². The Morgan fingerprint density at radius 3 is 3.21 bits per heavy atom. The molecule has 0 aliphatic carbocycles. The van der Waals surface area contributed by atoms with Crippen molar-refractivity contribution in [3.8, 4) is 0 Å². The zero-order valence-electron chi connectivity index (χ0n) is 8.03. The number of H-pyrrole nitrogens is 1. The van der Waals surface area contributed by atoms with Crippen molar-refractivity contribution in [1.29, 1.82) is 0 Å². The topological polar surface area (TPSA) is 73.9 Å². The summed E-state index contributed by atoms with van der Waals surface area (Å²) in [4.78, 5) is 17.4. The predicted molar refractivity (Wildman–Crippen MR) is 49.8 cm³/mol. The Morgan fingerprint density at radius 1 is 1.71 bits per heavy atom. The number of nitrogens with zero attached hydrogens (tertiary/aromatic N) is 3. The van der Waals surface area contributed by atoms with E-state index in [-0.39, 0.29) is 5.91 Å². The number of piperazine rings is 1. The van der Waals surface area contributed by atoms with Crippen LogP contribution >= 0.6 is 0 Å². The molecular weight excluding hydrogens is 182 g/mol. The second kappa shape index (κ2) is 3.75. The van der Waals surface area contributed by atoms with Crippen LogP contribution in [0.4, 0.5) is 0 Å². The van der Waals surface area contributed by atoms with Crippen LogP contribution in [0.1, 0.15) is 17.5 Å². The standard InChI is InChI=1S/C8H13N5O/c1-6-4-13(3-2-9-6)8(14)7-10-5-11-12-7/h5-6,9H,2-4H2,1H3,(H,10,11,12). The number of rotatable bonds is 1. The Bertz CT molecular complexity index is 310. The van der Waals surface area contributed by atoms with Crippen LogP contribution in [-0.4, -0.2) is 51.7 Å². The summed E-state index contributed by atoms with van der Waals surface area (Å²) in [6.07, 6.45) is 1.35. The molecule has 2 N–H and O–H groups in total. The first-order chi connectivity index (χ1) is 6.77. The van der Waals surface area contributed by atoms with Gasteiger partial charge in [0.1, 0.15) is 6.33 Å². The number of aromatic amines is 1. The fourth-order valence-corrected chi connectivity index (χ4v) is 1.58. The van der Waals surface area contributed by atoms with E-state index in [4.69, 9.17) is 0 Å². The van der Waals surface area contributed by atoms with Gasteiger partial charge in [-0.1, -0.05) is 0 Å². The smallest absolute Gasteiger partial charge is 0.291 e. The normalized spacial score (nSPS) is 22.4. The fourth-order valence-electron chi connectivity index (χ4n) is 1.58. The summed E-state index contributed by atoms with van der Waals surface area (Å²) in [5.74, 6) is 0.245. The zero-order chi connectivity index (χ0) is 9.97. The number of carbonyl (C=O) groups excluding carboxylic acids is 1. The van der Waals surface area contributed by atoms with E-state index in [0.29, 0.717) is 11.9 Å². The molecule has 1 saturated heterocycles. The predicted octanol–water partition coefficient (Wildman–Crippen LogP) is -0.761. The molecule has 2 rings (SSSR count). The van der Waals surface area contributed by atoms with Crippen molar-refractivity contribution in [3.63, 3.8) is 0 Å². The third-order valence-electron chi connectivity index (χ3n) is 2.27. The van der Waals surface area contributed by atoms with Crippen molar-refractivity contribution < 1.29 is 4.79 Å². The summed E-state index contributed by atoms with van der Waals surface area (Å²) in [7, 11) is 0. The van der Waals surface area contributed by atoms with Crippen molar-refractivity contribution in [1.82, 2.24) is 25.4 Å². The first-order valence-electron chi connectivity index (χ1n) is 4.65. The molecule has 1 aliphatic rings. The van der Waals surface area contributed by atoms with E-state index in [9.17, 15) is 4.79 Å². The van der Waals surface area contributed by atoms with Crippen molar-refractivity contribution in [3.05, 3.63) is 12.2 Å². The van der Waals surface area contributed by atoms with Gasteiger partial charge in [-0.25, -0.2) is 4.98 Å². The summed E-state index contributed by atoms with van der Waals surface area (Å²) in [5, 5.41) is 9.51. The number of carbonyl (C=O) groups is 1. The number of amides is 1. The Balaban J connectivity index is 2.04. The van der Waals surface area contributed by atoms with E-state index in [1.165, 1.54) is 6.33 Å². The van der Waals surface area contributed by atoms with Gasteiger partial charge in [0.05, 0.1) is 0 Å². The van der Waals surface area contributed by atoms with Crippen LogP contribution in [0.3, 0.4) is 0 Å². The van der Waals surface area contributed by atoms with Gasteiger partial charge >= 0.3 is 0 Å². The van der Waals surface area contributed by atoms with Gasteiger partial charge < -0.3 is 10.2 Å². The lowest BCUT2D eigenvalue weighted by molar-refractivity contribution is 0.0697. The largest absolute Gasteiger partial charge is 0.333 e. The molecule has 1 fully saturated rings. The molecule has 14 heavy (non-hydrogen) atoms. The Labute approximate surface area is 81.7 Å². The highest BCUT2D eigenvalue weighted by atomic mass is 16.2. The lowest BCUT2D eigenvalue weighted by Gasteiger charge is -2.31. The highest BCUT2D eigenvalue weighted by Crippen LogP contribution is 2.02. The van der Waals surface area contributed by atoms with E-state index in [0.717, 1.165) is 19.6 Å². The highest BCUT2D eigenvalue weighted by Gasteiger charge is 2.22. The van der Waals surface area contributed by atoms with E-state index in [2.05, 4.69) is 27.4 Å². The van der Waals surface area contributed by atoms with Crippen molar-refractivity contribution in [2.75, 3.05) is 19.6 Å². The number of hydrogen-bond acceptors (Lipinski definition) is 4. The summed E-state index contributed by atoms with van der Waals surface area (Å²) < 4.78 is 0. The summed E-state index contributed by atoms with van der Waals surface area (Å²) in [6.45, 7) is 4.34. The molecule has 2 heterocycles. The molecule has 1 unspecified atom stereocenters. The maximum Gasteiger partial charge on any atom is 0.291 e. The second-order valence-electron chi connectivity index (χ2n) is 3.44. The van der Waals surface area contributed by atoms with Gasteiger partial charge in [0, 0.05) is 25.7 Å². The molecule has 1 atom stereocenters. The number of hydrogen-bond donors (Lipinski definition) is 2. The maximum absolute atomic E-state index is 11.8. The highest BCUT2D eigenvalue weighted by molar-refractivity contribution is 5.90. The monoisotopic (exact) mass is 195 g/mol. The van der Waals surface area contributed by atoms with Crippen LogP contribution in [0.5, 0.6) is 0 Å². The molecule has 6 nitrogen and oxygen atoms in total. The maximum atomic E-state index is 11.8. The molecule has 1 aromatic rings. The Morgan fingerprint density at radius 2 is 2.57 bits per heavy atom. The van der Waals surface area contributed by atoms with Crippen LogP contribution in [0, 0.1) is 0 Å². The molecule has 0 saturated carbocycles. The van der Waals surface area contributed by atoms with E-state index >= 15 is 0 Å². The third-order valence-corrected chi connectivity index (χ3v) is 2.27. The van der Waals surface area contributed by atoms with E-state index in [1.807, 2.05) is 0 Å². The average Bonchev–Trinajstić information content (AvgIpc) is 2.69. The lowest BCUT2D eigenvalue weighted by Crippen LogP contribution is -2.51. The SMILES string of the molecule is CC1CN(C(=O)c2ncn[nH]2)CCN1. The van der Waals surface area contributed by atoms with Gasteiger partial charge in [0.25, 0.3) is 5.91 Å². The van der Waals surface area contributed by atoms with Gasteiger partial charge in [-0.15, -0.1) is 0 Å². The fraction of sp³-hybridized carbons (Fsp3) is 0.625. The number of nitrogens with one attached hydrogen (secondary N) is 2. The summed E-state index contributed by atoms with van der Waals surface area (Å²) >= 11 is 0. The average molecular weight is 195 g/mol. The second-order valence-corrected chi connectivity index (χ2v) is 3.44. The molecule has 0 spiro atoms. The van der Waals surface area contributed by atoms with Crippen LogP contribution in [0.25, 0.3) is 0 Å². The Hall–Kier alpha value is -1.43. The Kier molecular flexibility index (Phi) is 2.45. The molecular formula is C8H13N5O. The first kappa shape index (κ1) is 9.14. The van der Waals surface area contributed by atoms with Gasteiger partial charge in [0.2, 0.25) is 5.82 Å². The van der Waals surface area contributed by atoms with Crippen molar-refractivity contribution in [2.45, 2.75) is 13.0 Å². The van der Waals surface area contributed by atoms with Gasteiger partial charge in [-0.05, 0) is 6.92 Å². The minimum absolute atomic E-state index is 0.0733. The van der Waals surface area contributed by atoms with Crippen LogP contribution in [0.2, 0.25) is 0 Å². The first-order valence-corrected chi connectivity index (χ1v) is 4.65. The molecule has 1 amide bonds. The molecule has 0 aromatic carbocycles. The molecule has 6 heteroatoms. The minimum atomic E-state index is -0.0733. The third kappa shape index (κ3) is 1.74. The van der Waals surface area contributed by atoms with Crippen LogP contribution < -0.4 is 5.32 Å². The zero-order valence-corrected chi connectivity index (χ0v) is 8.03. The molecule has 0 radical (unpaired) electrons. The quantitative estimate of drug-likeness (QED) is 0.617. The van der Waals surface area contributed by atoms with Gasteiger partial charge in [-0.2, -0.15) is 5.10 Å². The summed E-state index contributed by atoms with van der Waals surface area (Å²) in [5.41, 5.74) is 0. The van der Waals surface area contributed by atoms with Gasteiger partial charge in [0.15, 0.2) is 0 Å². The molecule has 76 valence electrons. The minimum Gasteiger partial charge on any atom is -0.333 e. The molecule has 1 aliphatic heterocycles. The van der Waals surface area contributed by atoms with Gasteiger partial charge in [-0.3, -0.25) is 9.89 Å². The van der Waals surface area contributed by atoms with Crippen molar-refractivity contribution >= 4 is 5.91 Å². The van der Waals surface area contributed by atoms with Crippen molar-refractivity contribution in [2.24, 2.45) is 0 Å².